The molecule has 1 N–H and O–H groups in total. The van der Waals surface area contributed by atoms with Gasteiger partial charge in [0.25, 0.3) is 6.43 Å². The molecule has 1 aromatic rings. The molecule has 1 rings (SSSR count). The standard InChI is InChI=1S/C8H7ClF4N2O2/c1-2-17-7(16)3-4(6(10)11)14-15-5(3)8(9,12)13/h6H,2H2,1H3,(H,14,15). The van der Waals surface area contributed by atoms with Gasteiger partial charge in [-0.25, -0.2) is 13.6 Å². The molecule has 1 aromatic heterocycles. The number of carbonyl (C=O) groups excluding carboxylic acids is 1. The lowest BCUT2D eigenvalue weighted by atomic mass is 10.2. The average molecular weight is 275 g/mol. The van der Waals surface area contributed by atoms with E-state index in [9.17, 15) is 22.4 Å². The summed E-state index contributed by atoms with van der Waals surface area (Å²) >= 11 is 4.66. The molecule has 4 nitrogen and oxygen atoms in total. The molecule has 0 saturated heterocycles. The van der Waals surface area contributed by atoms with Crippen molar-refractivity contribution in [3.05, 3.63) is 17.0 Å². The van der Waals surface area contributed by atoms with Gasteiger partial charge in [-0.1, -0.05) is 0 Å². The van der Waals surface area contributed by atoms with Gasteiger partial charge in [0.15, 0.2) is 5.69 Å². The fourth-order valence-corrected chi connectivity index (χ4v) is 1.27. The number of rotatable bonds is 4. The number of hydrogen-bond donors (Lipinski definition) is 1. The Balaban J connectivity index is 3.30. The molecule has 0 aliphatic rings. The summed E-state index contributed by atoms with van der Waals surface area (Å²) in [4.78, 5) is 11.3. The van der Waals surface area contributed by atoms with Crippen molar-refractivity contribution < 1.29 is 27.1 Å². The molecule has 0 unspecified atom stereocenters. The molecular weight excluding hydrogens is 268 g/mol. The number of aromatic nitrogens is 2. The van der Waals surface area contributed by atoms with Crippen LogP contribution in [0.15, 0.2) is 0 Å². The first-order valence-corrected chi connectivity index (χ1v) is 4.77. The van der Waals surface area contributed by atoms with Crippen LogP contribution in [0.5, 0.6) is 0 Å². The molecule has 0 atom stereocenters. The van der Waals surface area contributed by atoms with Crippen LogP contribution in [-0.2, 0) is 10.1 Å². The van der Waals surface area contributed by atoms with Gasteiger partial charge in [-0.15, -0.1) is 0 Å². The van der Waals surface area contributed by atoms with Crippen LogP contribution in [0.3, 0.4) is 0 Å². The highest BCUT2D eigenvalue weighted by Gasteiger charge is 2.40. The van der Waals surface area contributed by atoms with E-state index in [0.717, 1.165) is 0 Å². The molecule has 0 aliphatic heterocycles. The van der Waals surface area contributed by atoms with Gasteiger partial charge in [0.05, 0.1) is 6.61 Å². The number of carbonyl (C=O) groups is 1. The van der Waals surface area contributed by atoms with Gasteiger partial charge in [-0.05, 0) is 18.5 Å². The molecule has 17 heavy (non-hydrogen) atoms. The van der Waals surface area contributed by atoms with Crippen molar-refractivity contribution in [2.75, 3.05) is 6.61 Å². The zero-order valence-electron chi connectivity index (χ0n) is 8.44. The van der Waals surface area contributed by atoms with Gasteiger partial charge in [0.1, 0.15) is 11.3 Å². The normalized spacial score (nSPS) is 11.9. The number of nitrogens with zero attached hydrogens (tertiary/aromatic N) is 1. The van der Waals surface area contributed by atoms with Gasteiger partial charge < -0.3 is 4.74 Å². The van der Waals surface area contributed by atoms with Crippen molar-refractivity contribution in [1.29, 1.82) is 0 Å². The first-order valence-electron chi connectivity index (χ1n) is 4.39. The maximum Gasteiger partial charge on any atom is 0.367 e. The van der Waals surface area contributed by atoms with E-state index in [0.29, 0.717) is 0 Å². The summed E-state index contributed by atoms with van der Waals surface area (Å²) in [5.41, 5.74) is -3.34. The average Bonchev–Trinajstić information content (AvgIpc) is 2.60. The van der Waals surface area contributed by atoms with E-state index in [1.165, 1.54) is 6.92 Å². The third-order valence-electron chi connectivity index (χ3n) is 1.76. The number of H-pyrrole nitrogens is 1. The highest BCUT2D eigenvalue weighted by Crippen LogP contribution is 2.36. The zero-order chi connectivity index (χ0) is 13.2. The van der Waals surface area contributed by atoms with Gasteiger partial charge in [-0.3, -0.25) is 5.10 Å². The predicted molar refractivity (Wildman–Crippen MR) is 49.2 cm³/mol. The molecule has 0 saturated carbocycles. The maximum absolute atomic E-state index is 12.8. The van der Waals surface area contributed by atoms with E-state index in [-0.39, 0.29) is 6.61 Å². The Morgan fingerprint density at radius 3 is 2.59 bits per heavy atom. The van der Waals surface area contributed by atoms with Crippen LogP contribution in [-0.4, -0.2) is 22.8 Å². The summed E-state index contributed by atoms with van der Waals surface area (Å²) in [5.74, 6) is -1.33. The fraction of sp³-hybridized carbons (Fsp3) is 0.500. The summed E-state index contributed by atoms with van der Waals surface area (Å²) in [6.45, 7) is 1.25. The molecule has 0 aliphatic carbocycles. The Morgan fingerprint density at radius 2 is 2.18 bits per heavy atom. The molecule has 96 valence electrons. The zero-order valence-corrected chi connectivity index (χ0v) is 9.19. The van der Waals surface area contributed by atoms with Crippen molar-refractivity contribution in [1.82, 2.24) is 10.2 Å². The molecule has 0 spiro atoms. The van der Waals surface area contributed by atoms with Crippen molar-refractivity contribution in [3.8, 4) is 0 Å². The molecule has 0 aromatic carbocycles. The molecule has 0 fully saturated rings. The van der Waals surface area contributed by atoms with Gasteiger partial charge in [0.2, 0.25) is 0 Å². The Hall–Kier alpha value is -1.31. The minimum absolute atomic E-state index is 0.153. The van der Waals surface area contributed by atoms with E-state index in [4.69, 9.17) is 0 Å². The lowest BCUT2D eigenvalue weighted by Crippen LogP contribution is -2.15. The minimum Gasteiger partial charge on any atom is -0.462 e. The Labute approximate surface area is 97.9 Å². The van der Waals surface area contributed by atoms with E-state index >= 15 is 0 Å². The van der Waals surface area contributed by atoms with Crippen molar-refractivity contribution in [2.24, 2.45) is 0 Å². The quantitative estimate of drug-likeness (QED) is 0.522. The fourth-order valence-electron chi connectivity index (χ4n) is 1.13. The molecule has 0 bridgehead atoms. The second kappa shape index (κ2) is 4.91. The minimum atomic E-state index is -4.04. The third-order valence-corrected chi connectivity index (χ3v) is 1.94. The van der Waals surface area contributed by atoms with Gasteiger partial charge in [0, 0.05) is 0 Å². The second-order valence-electron chi connectivity index (χ2n) is 2.88. The smallest absolute Gasteiger partial charge is 0.367 e. The number of esters is 1. The first kappa shape index (κ1) is 13.8. The number of aromatic amines is 1. The Kier molecular flexibility index (Phi) is 3.97. The monoisotopic (exact) mass is 274 g/mol. The van der Waals surface area contributed by atoms with Crippen molar-refractivity contribution in [2.45, 2.75) is 18.7 Å². The second-order valence-corrected chi connectivity index (χ2v) is 3.35. The van der Waals surface area contributed by atoms with Crippen LogP contribution >= 0.6 is 11.6 Å². The van der Waals surface area contributed by atoms with Crippen LogP contribution in [0.4, 0.5) is 17.6 Å². The van der Waals surface area contributed by atoms with E-state index < -0.39 is 34.7 Å². The molecule has 1 heterocycles. The summed E-state index contributed by atoms with van der Waals surface area (Å²) in [6.07, 6.45) is -3.17. The first-order chi connectivity index (χ1) is 7.79. The van der Waals surface area contributed by atoms with Crippen molar-refractivity contribution in [3.63, 3.8) is 0 Å². The number of nitrogens with one attached hydrogen (secondary N) is 1. The highest BCUT2D eigenvalue weighted by atomic mass is 35.5. The number of halogens is 5. The van der Waals surface area contributed by atoms with E-state index in [2.05, 4.69) is 21.4 Å². The summed E-state index contributed by atoms with van der Waals surface area (Å²) in [7, 11) is 0. The Morgan fingerprint density at radius 1 is 1.59 bits per heavy atom. The van der Waals surface area contributed by atoms with Crippen LogP contribution < -0.4 is 0 Å². The van der Waals surface area contributed by atoms with Crippen LogP contribution in [0, 0.1) is 0 Å². The molecular formula is C8H7ClF4N2O2. The van der Waals surface area contributed by atoms with E-state index in [1.807, 2.05) is 0 Å². The molecule has 9 heteroatoms. The lowest BCUT2D eigenvalue weighted by molar-refractivity contribution is 0.0486. The van der Waals surface area contributed by atoms with E-state index in [1.54, 1.807) is 5.10 Å². The third kappa shape index (κ3) is 2.87. The van der Waals surface area contributed by atoms with Gasteiger partial charge in [-0.2, -0.15) is 13.9 Å². The van der Waals surface area contributed by atoms with Crippen LogP contribution in [0.25, 0.3) is 0 Å². The van der Waals surface area contributed by atoms with Crippen LogP contribution in [0.2, 0.25) is 0 Å². The SMILES string of the molecule is CCOC(=O)c1c(C(F)(F)Cl)n[nH]c1C(F)F. The molecule has 0 amide bonds. The highest BCUT2D eigenvalue weighted by molar-refractivity contribution is 6.22. The number of ether oxygens (including phenoxy) is 1. The summed E-state index contributed by atoms with van der Waals surface area (Å²) in [6, 6.07) is 0. The largest absolute Gasteiger partial charge is 0.462 e. The topological polar surface area (TPSA) is 55.0 Å². The Bertz CT molecular complexity index is 416. The van der Waals surface area contributed by atoms with Gasteiger partial charge >= 0.3 is 11.4 Å². The maximum atomic E-state index is 12.8. The lowest BCUT2D eigenvalue weighted by Gasteiger charge is -2.08. The number of alkyl halides is 5. The summed E-state index contributed by atoms with van der Waals surface area (Å²) in [5, 5.41) is 0.543. The van der Waals surface area contributed by atoms with Crippen LogP contribution in [0.1, 0.15) is 35.1 Å². The molecule has 0 radical (unpaired) electrons. The van der Waals surface area contributed by atoms with Crippen molar-refractivity contribution >= 4 is 17.6 Å². The summed E-state index contributed by atoms with van der Waals surface area (Å²) < 4.78 is 55.0. The predicted octanol–water partition coefficient (Wildman–Crippen LogP) is 2.81. The number of hydrogen-bond acceptors (Lipinski definition) is 3.